The summed E-state index contributed by atoms with van der Waals surface area (Å²) in [6, 6.07) is 3.30. The fraction of sp³-hybridized carbons (Fsp3) is 0.556. The minimum absolute atomic E-state index is 0.306. The quantitative estimate of drug-likeness (QED) is 0.521. The van der Waals surface area contributed by atoms with E-state index in [1.54, 1.807) is 12.1 Å². The summed E-state index contributed by atoms with van der Waals surface area (Å²) < 4.78 is 16.9. The van der Waals surface area contributed by atoms with Gasteiger partial charge in [0.2, 0.25) is 5.75 Å². The van der Waals surface area contributed by atoms with Crippen molar-refractivity contribution in [3.8, 4) is 17.2 Å². The van der Waals surface area contributed by atoms with E-state index in [1.165, 1.54) is 0 Å². The third-order valence-electron chi connectivity index (χ3n) is 3.30. The average Bonchev–Trinajstić information content (AvgIpc) is 2.58. The van der Waals surface area contributed by atoms with Crippen molar-refractivity contribution >= 4 is 11.6 Å². The number of hydrazone groups is 1. The topological polar surface area (TPSA) is 69.2 Å². The van der Waals surface area contributed by atoms with Crippen LogP contribution in [0.3, 0.4) is 0 Å². The molecule has 24 heavy (non-hydrogen) atoms. The highest BCUT2D eigenvalue weighted by Crippen LogP contribution is 2.39. The van der Waals surface area contributed by atoms with Gasteiger partial charge in [0.05, 0.1) is 19.8 Å². The number of carbonyl (C=O) groups excluding carboxylic acids is 1. The molecule has 1 aromatic rings. The Kier molecular flexibility index (Phi) is 8.68. The second-order valence-electron chi connectivity index (χ2n) is 4.93. The highest BCUT2D eigenvalue weighted by molar-refractivity contribution is 5.96. The molecule has 0 aliphatic rings. The van der Waals surface area contributed by atoms with Crippen LogP contribution in [0, 0.1) is 0 Å². The van der Waals surface area contributed by atoms with Crippen molar-refractivity contribution in [2.45, 2.75) is 47.5 Å². The number of nitrogens with one attached hydrogen (secondary N) is 1. The smallest absolute Gasteiger partial charge is 0.271 e. The second kappa shape index (κ2) is 10.5. The Bertz CT molecular complexity index is 537. The maximum atomic E-state index is 12.4. The number of carbonyl (C=O) groups is 1. The molecule has 1 aromatic carbocycles. The van der Waals surface area contributed by atoms with E-state index in [0.29, 0.717) is 42.6 Å². The fourth-order valence-corrected chi connectivity index (χ4v) is 2.12. The summed E-state index contributed by atoms with van der Waals surface area (Å²) in [7, 11) is 0. The number of hydrogen-bond acceptors (Lipinski definition) is 5. The predicted octanol–water partition coefficient (Wildman–Crippen LogP) is 3.79. The van der Waals surface area contributed by atoms with Crippen LogP contribution in [-0.2, 0) is 0 Å². The molecule has 0 aromatic heterocycles. The maximum Gasteiger partial charge on any atom is 0.271 e. The third kappa shape index (κ3) is 5.44. The lowest BCUT2D eigenvalue weighted by Gasteiger charge is -2.16. The molecule has 1 N–H and O–H groups in total. The lowest BCUT2D eigenvalue weighted by atomic mass is 10.1. The Morgan fingerprint density at radius 3 is 1.83 bits per heavy atom. The van der Waals surface area contributed by atoms with Gasteiger partial charge in [-0.15, -0.1) is 0 Å². The van der Waals surface area contributed by atoms with Crippen LogP contribution in [0.1, 0.15) is 57.8 Å². The van der Waals surface area contributed by atoms with E-state index < -0.39 is 0 Å². The molecule has 0 atom stereocenters. The summed E-state index contributed by atoms with van der Waals surface area (Å²) in [4.78, 5) is 12.4. The summed E-state index contributed by atoms with van der Waals surface area (Å²) >= 11 is 0. The van der Waals surface area contributed by atoms with E-state index in [4.69, 9.17) is 14.2 Å². The van der Waals surface area contributed by atoms with Gasteiger partial charge in [0, 0.05) is 11.3 Å². The van der Waals surface area contributed by atoms with E-state index in [9.17, 15) is 4.79 Å². The van der Waals surface area contributed by atoms with Crippen molar-refractivity contribution < 1.29 is 19.0 Å². The van der Waals surface area contributed by atoms with Crippen molar-refractivity contribution in [2.75, 3.05) is 19.8 Å². The first kappa shape index (κ1) is 19.8. The zero-order chi connectivity index (χ0) is 17.9. The first-order valence-electron chi connectivity index (χ1n) is 8.53. The summed E-state index contributed by atoms with van der Waals surface area (Å²) in [5.74, 6) is 1.19. The van der Waals surface area contributed by atoms with E-state index >= 15 is 0 Å². The molecule has 6 nitrogen and oxygen atoms in total. The molecule has 0 radical (unpaired) electrons. The van der Waals surface area contributed by atoms with Crippen molar-refractivity contribution in [3.63, 3.8) is 0 Å². The van der Waals surface area contributed by atoms with Crippen molar-refractivity contribution in [1.29, 1.82) is 0 Å². The molecular weight excluding hydrogens is 308 g/mol. The van der Waals surface area contributed by atoms with Crippen LogP contribution in [0.2, 0.25) is 0 Å². The van der Waals surface area contributed by atoms with Gasteiger partial charge >= 0.3 is 0 Å². The Morgan fingerprint density at radius 1 is 0.917 bits per heavy atom. The number of benzene rings is 1. The van der Waals surface area contributed by atoms with E-state index in [2.05, 4.69) is 10.5 Å². The summed E-state index contributed by atoms with van der Waals surface area (Å²) in [6.07, 6.45) is 1.60. The molecule has 0 heterocycles. The van der Waals surface area contributed by atoms with Gasteiger partial charge in [-0.25, -0.2) is 5.43 Å². The standard InChI is InChI=1S/C18H28N2O4/c1-6-14(7-2)19-20-18(21)13-11-15(22-8-3)17(24-10-5)16(12-13)23-9-4/h11-12H,6-10H2,1-5H3,(H,20,21). The van der Waals surface area contributed by atoms with Crippen molar-refractivity contribution in [2.24, 2.45) is 5.10 Å². The average molecular weight is 336 g/mol. The number of hydrogen-bond donors (Lipinski definition) is 1. The van der Waals surface area contributed by atoms with Gasteiger partial charge in [-0.1, -0.05) is 13.8 Å². The van der Waals surface area contributed by atoms with Gasteiger partial charge in [0.25, 0.3) is 5.91 Å². The second-order valence-corrected chi connectivity index (χ2v) is 4.93. The van der Waals surface area contributed by atoms with E-state index in [-0.39, 0.29) is 5.91 Å². The zero-order valence-corrected chi connectivity index (χ0v) is 15.3. The number of rotatable bonds is 10. The van der Waals surface area contributed by atoms with Gasteiger partial charge in [0.1, 0.15) is 0 Å². The Hall–Kier alpha value is -2.24. The van der Waals surface area contributed by atoms with Crippen LogP contribution in [-0.4, -0.2) is 31.4 Å². The molecule has 0 aliphatic carbocycles. The predicted molar refractivity (Wildman–Crippen MR) is 95.4 cm³/mol. The molecule has 0 bridgehead atoms. The van der Waals surface area contributed by atoms with Crippen LogP contribution < -0.4 is 19.6 Å². The summed E-state index contributed by atoms with van der Waals surface area (Å²) in [6.45, 7) is 11.1. The monoisotopic (exact) mass is 336 g/mol. The Morgan fingerprint density at radius 2 is 1.42 bits per heavy atom. The lowest BCUT2D eigenvalue weighted by molar-refractivity contribution is 0.0953. The number of amides is 1. The maximum absolute atomic E-state index is 12.4. The van der Waals surface area contributed by atoms with Gasteiger partial charge in [-0.3, -0.25) is 4.79 Å². The highest BCUT2D eigenvalue weighted by atomic mass is 16.5. The molecule has 1 amide bonds. The lowest BCUT2D eigenvalue weighted by Crippen LogP contribution is -2.20. The van der Waals surface area contributed by atoms with Crippen molar-refractivity contribution in [3.05, 3.63) is 17.7 Å². The molecule has 134 valence electrons. The number of nitrogens with zero attached hydrogens (tertiary/aromatic N) is 1. The summed E-state index contributed by atoms with van der Waals surface area (Å²) in [5, 5.41) is 4.15. The molecule has 0 saturated carbocycles. The molecule has 0 fully saturated rings. The van der Waals surface area contributed by atoms with Gasteiger partial charge in [-0.2, -0.15) is 5.10 Å². The largest absolute Gasteiger partial charge is 0.490 e. The van der Waals surface area contributed by atoms with Crippen LogP contribution in [0.4, 0.5) is 0 Å². The van der Waals surface area contributed by atoms with Gasteiger partial charge < -0.3 is 14.2 Å². The van der Waals surface area contributed by atoms with Crippen molar-refractivity contribution in [1.82, 2.24) is 5.43 Å². The van der Waals surface area contributed by atoms with Gasteiger partial charge in [-0.05, 0) is 45.7 Å². The zero-order valence-electron chi connectivity index (χ0n) is 15.3. The normalized spacial score (nSPS) is 10.0. The minimum atomic E-state index is -0.306. The minimum Gasteiger partial charge on any atom is -0.490 e. The molecular formula is C18H28N2O4. The molecule has 0 saturated heterocycles. The first-order chi connectivity index (χ1) is 11.6. The SMILES string of the molecule is CCOc1cc(C(=O)NN=C(CC)CC)cc(OCC)c1OCC. The highest BCUT2D eigenvalue weighted by Gasteiger charge is 2.18. The van der Waals surface area contributed by atoms with Crippen LogP contribution in [0.5, 0.6) is 17.2 Å². The van der Waals surface area contributed by atoms with E-state index in [1.807, 2.05) is 34.6 Å². The first-order valence-corrected chi connectivity index (χ1v) is 8.53. The Labute approximate surface area is 144 Å². The van der Waals surface area contributed by atoms with Gasteiger partial charge in [0.15, 0.2) is 11.5 Å². The molecule has 1 rings (SSSR count). The molecule has 0 unspecified atom stereocenters. The molecule has 0 spiro atoms. The fourth-order valence-electron chi connectivity index (χ4n) is 2.12. The Balaban J connectivity index is 3.18. The van der Waals surface area contributed by atoms with E-state index in [0.717, 1.165) is 18.6 Å². The summed E-state index contributed by atoms with van der Waals surface area (Å²) in [5.41, 5.74) is 3.94. The third-order valence-corrected chi connectivity index (χ3v) is 3.30. The van der Waals surface area contributed by atoms with Crippen LogP contribution >= 0.6 is 0 Å². The van der Waals surface area contributed by atoms with Crippen LogP contribution in [0.15, 0.2) is 17.2 Å². The van der Waals surface area contributed by atoms with Crippen LogP contribution in [0.25, 0.3) is 0 Å². The number of ether oxygens (including phenoxy) is 3. The molecule has 6 heteroatoms. The molecule has 0 aliphatic heterocycles.